The molecule has 1 heterocycles. The van der Waals surface area contributed by atoms with Crippen molar-refractivity contribution in [1.82, 2.24) is 9.88 Å². The fraction of sp³-hybridized carbons (Fsp3) is 0.250. The molecule has 0 spiro atoms. The Balaban J connectivity index is 2.17. The SMILES string of the molecule is CNc1cc(C(=O)N(C)Cc2cccc(Br)c2)cc(C)n1. The number of aryl methyl sites for hydroxylation is 1. The average Bonchev–Trinajstić information content (AvgIpc) is 2.45. The van der Waals surface area contributed by atoms with Gasteiger partial charge in [-0.1, -0.05) is 28.1 Å². The molecule has 0 aliphatic carbocycles. The molecular formula is C16H18BrN3O. The van der Waals surface area contributed by atoms with Gasteiger partial charge in [0.1, 0.15) is 5.82 Å². The molecule has 110 valence electrons. The number of aromatic nitrogens is 1. The first-order valence-corrected chi connectivity index (χ1v) is 7.45. The summed E-state index contributed by atoms with van der Waals surface area (Å²) in [7, 11) is 3.60. The predicted octanol–water partition coefficient (Wildman–Crippen LogP) is 3.47. The number of amides is 1. The first-order chi connectivity index (χ1) is 9.99. The molecule has 0 saturated carbocycles. The number of hydrogen-bond donors (Lipinski definition) is 1. The standard InChI is InChI=1S/C16H18BrN3O/c1-11-7-13(9-15(18-2)19-11)16(21)20(3)10-12-5-4-6-14(17)8-12/h4-9H,10H2,1-3H3,(H,18,19). The molecule has 1 aromatic carbocycles. The van der Waals surface area contributed by atoms with Crippen LogP contribution in [0.5, 0.6) is 0 Å². The predicted molar refractivity (Wildman–Crippen MR) is 88.5 cm³/mol. The van der Waals surface area contributed by atoms with Crippen LogP contribution in [-0.4, -0.2) is 29.9 Å². The van der Waals surface area contributed by atoms with Crippen molar-refractivity contribution in [2.45, 2.75) is 13.5 Å². The maximum Gasteiger partial charge on any atom is 0.254 e. The number of carbonyl (C=O) groups excluding carboxylic acids is 1. The summed E-state index contributed by atoms with van der Waals surface area (Å²) >= 11 is 3.44. The average molecular weight is 348 g/mol. The molecule has 0 bridgehead atoms. The second-order valence-corrected chi connectivity index (χ2v) is 5.84. The van der Waals surface area contributed by atoms with E-state index in [1.54, 1.807) is 31.1 Å². The Bertz CT molecular complexity index is 658. The van der Waals surface area contributed by atoms with Gasteiger partial charge in [-0.25, -0.2) is 4.98 Å². The number of nitrogens with zero attached hydrogens (tertiary/aromatic N) is 2. The molecule has 0 fully saturated rings. The van der Waals surface area contributed by atoms with Crippen LogP contribution < -0.4 is 5.32 Å². The summed E-state index contributed by atoms with van der Waals surface area (Å²) < 4.78 is 1.01. The van der Waals surface area contributed by atoms with E-state index in [4.69, 9.17) is 0 Å². The zero-order valence-corrected chi connectivity index (χ0v) is 13.9. The van der Waals surface area contributed by atoms with Crippen LogP contribution in [0, 0.1) is 6.92 Å². The molecule has 4 nitrogen and oxygen atoms in total. The van der Waals surface area contributed by atoms with E-state index in [1.807, 2.05) is 31.2 Å². The van der Waals surface area contributed by atoms with Crippen LogP contribution in [-0.2, 0) is 6.54 Å². The molecule has 0 atom stereocenters. The third-order valence-electron chi connectivity index (χ3n) is 3.11. The van der Waals surface area contributed by atoms with Crippen LogP contribution in [0.25, 0.3) is 0 Å². The van der Waals surface area contributed by atoms with Crippen molar-refractivity contribution < 1.29 is 4.79 Å². The molecule has 2 rings (SSSR count). The van der Waals surface area contributed by atoms with Crippen LogP contribution in [0.3, 0.4) is 0 Å². The lowest BCUT2D eigenvalue weighted by Gasteiger charge is -2.18. The van der Waals surface area contributed by atoms with E-state index in [0.717, 1.165) is 15.7 Å². The van der Waals surface area contributed by atoms with Gasteiger partial charge in [-0.3, -0.25) is 4.79 Å². The molecule has 5 heteroatoms. The highest BCUT2D eigenvalue weighted by Gasteiger charge is 2.14. The molecule has 0 unspecified atom stereocenters. The van der Waals surface area contributed by atoms with Gasteiger partial charge in [-0.2, -0.15) is 0 Å². The van der Waals surface area contributed by atoms with Crippen LogP contribution in [0.1, 0.15) is 21.6 Å². The number of pyridine rings is 1. The van der Waals surface area contributed by atoms with Crippen LogP contribution >= 0.6 is 15.9 Å². The number of rotatable bonds is 4. The highest BCUT2D eigenvalue weighted by Crippen LogP contribution is 2.16. The van der Waals surface area contributed by atoms with E-state index in [2.05, 4.69) is 26.2 Å². The maximum absolute atomic E-state index is 12.5. The van der Waals surface area contributed by atoms with Crippen molar-refractivity contribution in [2.24, 2.45) is 0 Å². The first kappa shape index (κ1) is 15.5. The van der Waals surface area contributed by atoms with Gasteiger partial charge in [0.05, 0.1) is 0 Å². The van der Waals surface area contributed by atoms with E-state index in [9.17, 15) is 4.79 Å². The number of anilines is 1. The lowest BCUT2D eigenvalue weighted by Crippen LogP contribution is -2.26. The highest BCUT2D eigenvalue weighted by molar-refractivity contribution is 9.10. The molecule has 1 aromatic heterocycles. The van der Waals surface area contributed by atoms with Crippen LogP contribution in [0.15, 0.2) is 40.9 Å². The highest BCUT2D eigenvalue weighted by atomic mass is 79.9. The number of carbonyl (C=O) groups is 1. The number of hydrogen-bond acceptors (Lipinski definition) is 3. The molecular weight excluding hydrogens is 330 g/mol. The van der Waals surface area contributed by atoms with E-state index >= 15 is 0 Å². The lowest BCUT2D eigenvalue weighted by molar-refractivity contribution is 0.0785. The minimum absolute atomic E-state index is 0.0167. The molecule has 1 amide bonds. The summed E-state index contributed by atoms with van der Waals surface area (Å²) in [5.41, 5.74) is 2.55. The van der Waals surface area contributed by atoms with Crippen molar-refractivity contribution in [2.75, 3.05) is 19.4 Å². The second-order valence-electron chi connectivity index (χ2n) is 4.92. The van der Waals surface area contributed by atoms with E-state index in [1.165, 1.54) is 0 Å². The van der Waals surface area contributed by atoms with Crippen LogP contribution in [0.4, 0.5) is 5.82 Å². The van der Waals surface area contributed by atoms with E-state index in [-0.39, 0.29) is 5.91 Å². The number of benzene rings is 1. The Morgan fingerprint density at radius 1 is 1.33 bits per heavy atom. The fourth-order valence-electron chi connectivity index (χ4n) is 2.12. The van der Waals surface area contributed by atoms with Gasteiger partial charge in [0.15, 0.2) is 0 Å². The van der Waals surface area contributed by atoms with Crippen molar-refractivity contribution >= 4 is 27.7 Å². The molecule has 0 aliphatic rings. The largest absolute Gasteiger partial charge is 0.373 e. The zero-order chi connectivity index (χ0) is 15.4. The summed E-state index contributed by atoms with van der Waals surface area (Å²) in [4.78, 5) is 18.5. The molecule has 0 aliphatic heterocycles. The minimum Gasteiger partial charge on any atom is -0.373 e. The summed E-state index contributed by atoms with van der Waals surface area (Å²) in [6.45, 7) is 2.44. The summed E-state index contributed by atoms with van der Waals surface area (Å²) in [5, 5.41) is 2.97. The van der Waals surface area contributed by atoms with Gasteiger partial charge in [-0.15, -0.1) is 0 Å². The first-order valence-electron chi connectivity index (χ1n) is 6.66. The Labute approximate surface area is 133 Å². The number of nitrogens with one attached hydrogen (secondary N) is 1. The molecule has 21 heavy (non-hydrogen) atoms. The van der Waals surface area contributed by atoms with Crippen LogP contribution in [0.2, 0.25) is 0 Å². The minimum atomic E-state index is -0.0167. The fourth-order valence-corrected chi connectivity index (χ4v) is 2.57. The Morgan fingerprint density at radius 2 is 2.10 bits per heavy atom. The van der Waals surface area contributed by atoms with E-state index in [0.29, 0.717) is 17.9 Å². The molecule has 2 aromatic rings. The van der Waals surface area contributed by atoms with Gasteiger partial charge in [0, 0.05) is 36.4 Å². The lowest BCUT2D eigenvalue weighted by atomic mass is 10.1. The van der Waals surface area contributed by atoms with Crippen molar-refractivity contribution in [3.8, 4) is 0 Å². The quantitative estimate of drug-likeness (QED) is 0.920. The third-order valence-corrected chi connectivity index (χ3v) is 3.61. The molecule has 0 saturated heterocycles. The Kier molecular flexibility index (Phi) is 4.96. The van der Waals surface area contributed by atoms with Gasteiger partial charge < -0.3 is 10.2 Å². The Morgan fingerprint density at radius 3 is 2.76 bits per heavy atom. The smallest absolute Gasteiger partial charge is 0.254 e. The zero-order valence-electron chi connectivity index (χ0n) is 12.4. The van der Waals surface area contributed by atoms with Crippen molar-refractivity contribution in [1.29, 1.82) is 0 Å². The number of halogens is 1. The third kappa shape index (κ3) is 4.04. The van der Waals surface area contributed by atoms with E-state index < -0.39 is 0 Å². The Hall–Kier alpha value is -1.88. The van der Waals surface area contributed by atoms with Crippen molar-refractivity contribution in [3.63, 3.8) is 0 Å². The normalized spacial score (nSPS) is 10.3. The molecule has 0 radical (unpaired) electrons. The summed E-state index contributed by atoms with van der Waals surface area (Å²) in [6.07, 6.45) is 0. The van der Waals surface area contributed by atoms with Gasteiger partial charge >= 0.3 is 0 Å². The maximum atomic E-state index is 12.5. The van der Waals surface area contributed by atoms with Gasteiger partial charge in [0.25, 0.3) is 5.91 Å². The topological polar surface area (TPSA) is 45.2 Å². The molecule has 1 N–H and O–H groups in total. The van der Waals surface area contributed by atoms with Gasteiger partial charge in [-0.05, 0) is 36.8 Å². The van der Waals surface area contributed by atoms with Gasteiger partial charge in [0.2, 0.25) is 0 Å². The monoisotopic (exact) mass is 347 g/mol. The second kappa shape index (κ2) is 6.72. The summed E-state index contributed by atoms with van der Waals surface area (Å²) in [6, 6.07) is 11.5. The van der Waals surface area contributed by atoms with Crippen molar-refractivity contribution in [3.05, 3.63) is 57.7 Å². The summed E-state index contributed by atoms with van der Waals surface area (Å²) in [5.74, 6) is 0.686.